The summed E-state index contributed by atoms with van der Waals surface area (Å²) in [7, 11) is 0. The van der Waals surface area contributed by atoms with Crippen molar-refractivity contribution >= 4 is 87.2 Å². The highest BCUT2D eigenvalue weighted by Gasteiger charge is 2.33. The van der Waals surface area contributed by atoms with Crippen molar-refractivity contribution in [3.63, 3.8) is 0 Å². The molecule has 10 nitrogen and oxygen atoms in total. The van der Waals surface area contributed by atoms with Crippen LogP contribution >= 0.6 is 0 Å². The van der Waals surface area contributed by atoms with Gasteiger partial charge in [-0.25, -0.2) is 4.98 Å². The lowest BCUT2D eigenvalue weighted by Gasteiger charge is -2.27. The molecule has 0 amide bonds. The monoisotopic (exact) mass is 896 g/mol. The number of fused-ring (bicyclic) bond motifs is 12. The summed E-state index contributed by atoms with van der Waals surface area (Å²) in [4.78, 5) is 30.3. The van der Waals surface area contributed by atoms with E-state index in [4.69, 9.17) is 29.9 Å². The first-order valence-corrected chi connectivity index (χ1v) is 23.2. The first kappa shape index (κ1) is 38.3. The summed E-state index contributed by atoms with van der Waals surface area (Å²) in [6.07, 6.45) is 19.2. The molecule has 15 aromatic rings. The van der Waals surface area contributed by atoms with E-state index in [1.165, 1.54) is 0 Å². The Morgan fingerprint density at radius 2 is 0.600 bits per heavy atom. The third-order valence-corrected chi connectivity index (χ3v) is 14.1. The maximum atomic E-state index is 6.26. The molecular weight excluding hydrogens is 861 g/mol. The van der Waals surface area contributed by atoms with E-state index in [9.17, 15) is 0 Å². The standard InChI is InChI=1S/C60H36N10/c1-2-18-47(38(13-1)37-12-11-27-61-32-37)56-57(67-48-19-7-3-14-39(48)43-23-28-62-33-52(43)67)59(69-50-21-9-5-16-41(50)45-25-30-64-35-54(45)69)66-60(70-51-22-10-6-17-42(51)46-26-31-65-36-55(46)70)58(56)68-49-20-8-4-15-40(49)44-24-29-63-34-53(44)68/h1-36H. The van der Waals surface area contributed by atoms with Crippen LogP contribution in [0.1, 0.15) is 0 Å². The minimum absolute atomic E-state index is 0.703. The molecule has 70 heavy (non-hydrogen) atoms. The first-order valence-electron chi connectivity index (χ1n) is 23.2. The van der Waals surface area contributed by atoms with Crippen molar-refractivity contribution in [3.8, 4) is 45.3 Å². The number of aromatic nitrogens is 10. The van der Waals surface area contributed by atoms with Crippen molar-refractivity contribution in [2.75, 3.05) is 0 Å². The van der Waals surface area contributed by atoms with Crippen molar-refractivity contribution in [1.82, 2.24) is 48.2 Å². The Hall–Kier alpha value is -9.80. The fourth-order valence-corrected chi connectivity index (χ4v) is 11.2. The molecule has 0 atom stereocenters. The third-order valence-electron chi connectivity index (χ3n) is 14.1. The van der Waals surface area contributed by atoms with Gasteiger partial charge in [-0.2, -0.15) is 0 Å². The van der Waals surface area contributed by atoms with E-state index < -0.39 is 0 Å². The van der Waals surface area contributed by atoms with Gasteiger partial charge >= 0.3 is 0 Å². The van der Waals surface area contributed by atoms with Crippen LogP contribution in [0.2, 0.25) is 0 Å². The Kier molecular flexibility index (Phi) is 8.13. The normalized spacial score (nSPS) is 12.0. The Morgan fingerprint density at radius 1 is 0.257 bits per heavy atom. The summed E-state index contributed by atoms with van der Waals surface area (Å²) in [5, 5.41) is 8.67. The summed E-state index contributed by atoms with van der Waals surface area (Å²) in [6.45, 7) is 0. The molecule has 5 aromatic carbocycles. The molecule has 10 heterocycles. The minimum Gasteiger partial charge on any atom is -0.304 e. The topological polar surface area (TPSA) is 97.1 Å². The van der Waals surface area contributed by atoms with Crippen molar-refractivity contribution < 1.29 is 0 Å². The number of nitrogens with zero attached hydrogens (tertiary/aromatic N) is 10. The van der Waals surface area contributed by atoms with E-state index in [0.29, 0.717) is 11.6 Å². The van der Waals surface area contributed by atoms with Crippen molar-refractivity contribution in [2.45, 2.75) is 0 Å². The van der Waals surface area contributed by atoms with Gasteiger partial charge in [-0.15, -0.1) is 0 Å². The molecular formula is C60H36N10. The molecule has 0 unspecified atom stereocenters. The number of para-hydroxylation sites is 4. The molecule has 0 aliphatic carbocycles. The third kappa shape index (κ3) is 5.32. The van der Waals surface area contributed by atoms with E-state index in [-0.39, 0.29) is 0 Å². The van der Waals surface area contributed by atoms with Crippen LogP contribution in [0.15, 0.2) is 220 Å². The Bertz CT molecular complexity index is 4150. The van der Waals surface area contributed by atoms with E-state index in [2.05, 4.69) is 170 Å². The van der Waals surface area contributed by atoms with E-state index >= 15 is 0 Å². The van der Waals surface area contributed by atoms with Crippen LogP contribution in [-0.2, 0) is 0 Å². The van der Waals surface area contributed by atoms with Gasteiger partial charge in [0.25, 0.3) is 0 Å². The molecule has 0 aliphatic heterocycles. The van der Waals surface area contributed by atoms with Crippen molar-refractivity contribution in [2.24, 2.45) is 0 Å². The molecule has 0 bridgehead atoms. The zero-order valence-corrected chi connectivity index (χ0v) is 37.3. The summed E-state index contributed by atoms with van der Waals surface area (Å²) < 4.78 is 9.40. The number of hydrogen-bond acceptors (Lipinski definition) is 6. The Morgan fingerprint density at radius 3 is 1.01 bits per heavy atom. The van der Waals surface area contributed by atoms with Gasteiger partial charge in [0, 0.05) is 91.4 Å². The Labute approximate surface area is 398 Å². The van der Waals surface area contributed by atoms with E-state index in [1.54, 1.807) is 0 Å². The zero-order chi connectivity index (χ0) is 45.9. The van der Waals surface area contributed by atoms with Crippen LogP contribution in [-0.4, -0.2) is 48.2 Å². The van der Waals surface area contributed by atoms with Crippen LogP contribution in [0.5, 0.6) is 0 Å². The summed E-state index contributed by atoms with van der Waals surface area (Å²) in [6, 6.07) is 55.7. The van der Waals surface area contributed by atoms with Gasteiger partial charge in [-0.05, 0) is 65.7 Å². The zero-order valence-electron chi connectivity index (χ0n) is 37.3. The fourth-order valence-electron chi connectivity index (χ4n) is 11.2. The second-order valence-corrected chi connectivity index (χ2v) is 17.6. The Balaban J connectivity index is 1.30. The van der Waals surface area contributed by atoms with Gasteiger partial charge in [0.2, 0.25) is 0 Å². The molecule has 0 fully saturated rings. The molecule has 0 saturated carbocycles. The molecule has 0 saturated heterocycles. The second kappa shape index (κ2) is 14.9. The van der Waals surface area contributed by atoms with Crippen LogP contribution in [0.25, 0.3) is 132 Å². The van der Waals surface area contributed by atoms with Gasteiger partial charge in [0.05, 0.1) is 68.9 Å². The highest BCUT2D eigenvalue weighted by molar-refractivity contribution is 6.16. The maximum Gasteiger partial charge on any atom is 0.165 e. The largest absolute Gasteiger partial charge is 0.304 e. The predicted molar refractivity (Wildman–Crippen MR) is 281 cm³/mol. The van der Waals surface area contributed by atoms with Gasteiger partial charge < -0.3 is 9.13 Å². The average molecular weight is 897 g/mol. The molecule has 10 aromatic heterocycles. The summed E-state index contributed by atoms with van der Waals surface area (Å²) >= 11 is 0. The second-order valence-electron chi connectivity index (χ2n) is 17.6. The molecule has 0 N–H and O–H groups in total. The van der Waals surface area contributed by atoms with Crippen LogP contribution in [0.3, 0.4) is 0 Å². The minimum atomic E-state index is 0.703. The molecule has 0 radical (unpaired) electrons. The molecule has 15 rings (SSSR count). The summed E-state index contributed by atoms with van der Waals surface area (Å²) in [5.41, 5.74) is 13.3. The predicted octanol–water partition coefficient (Wildman–Crippen LogP) is 13.8. The van der Waals surface area contributed by atoms with Gasteiger partial charge in [-0.3, -0.25) is 34.1 Å². The quantitative estimate of drug-likeness (QED) is 0.165. The van der Waals surface area contributed by atoms with Crippen LogP contribution in [0, 0.1) is 0 Å². The van der Waals surface area contributed by atoms with Gasteiger partial charge in [0.15, 0.2) is 11.6 Å². The number of hydrogen-bond donors (Lipinski definition) is 0. The van der Waals surface area contributed by atoms with Crippen molar-refractivity contribution in [3.05, 3.63) is 220 Å². The lowest BCUT2D eigenvalue weighted by Crippen LogP contribution is -2.16. The van der Waals surface area contributed by atoms with Crippen molar-refractivity contribution in [1.29, 1.82) is 0 Å². The lowest BCUT2D eigenvalue weighted by molar-refractivity contribution is 0.958. The number of pyridine rings is 6. The number of rotatable bonds is 6. The highest BCUT2D eigenvalue weighted by Crippen LogP contribution is 2.50. The van der Waals surface area contributed by atoms with Crippen LogP contribution in [0.4, 0.5) is 0 Å². The van der Waals surface area contributed by atoms with E-state index in [0.717, 1.165) is 121 Å². The smallest absolute Gasteiger partial charge is 0.165 e. The average Bonchev–Trinajstić information content (AvgIpc) is 4.16. The van der Waals surface area contributed by atoms with Gasteiger partial charge in [-0.1, -0.05) is 103 Å². The summed E-state index contributed by atoms with van der Waals surface area (Å²) in [5.74, 6) is 1.41. The van der Waals surface area contributed by atoms with Crippen LogP contribution < -0.4 is 0 Å². The highest BCUT2D eigenvalue weighted by atomic mass is 15.2. The molecule has 326 valence electrons. The SMILES string of the molecule is c1cncc(-c2ccccc2-c2c(-n3c4ccccc4c4ccncc43)c(-n3c4ccccc4c4ccncc43)nc(-n3c4ccccc4c4ccncc43)c2-n2c3ccccc3c3ccncc32)c1. The fraction of sp³-hybridized carbons (Fsp3) is 0. The maximum absolute atomic E-state index is 6.26. The molecule has 0 aliphatic rings. The van der Waals surface area contributed by atoms with Gasteiger partial charge in [0.1, 0.15) is 11.4 Å². The number of benzene rings is 5. The lowest BCUT2D eigenvalue weighted by atomic mass is 9.92. The first-order chi connectivity index (χ1) is 34.8. The molecule has 0 spiro atoms. The van der Waals surface area contributed by atoms with E-state index in [1.807, 2.05) is 68.0 Å². The molecule has 10 heteroatoms.